The molecule has 2 rings (SSSR count). The molecule has 0 aliphatic carbocycles. The van der Waals surface area contributed by atoms with Crippen LogP contribution in [0.2, 0.25) is 0 Å². The van der Waals surface area contributed by atoms with Crippen molar-refractivity contribution in [3.05, 3.63) is 69.2 Å². The van der Waals surface area contributed by atoms with E-state index in [4.69, 9.17) is 5.84 Å². The smallest absolute Gasteiger partial charge is 0.126 e. The molecule has 106 valence electrons. The summed E-state index contributed by atoms with van der Waals surface area (Å²) in [7, 11) is 0. The van der Waals surface area contributed by atoms with Crippen molar-refractivity contribution in [1.82, 2.24) is 5.43 Å². The Morgan fingerprint density at radius 3 is 2.60 bits per heavy atom. The molecule has 0 saturated heterocycles. The molecule has 0 saturated carbocycles. The summed E-state index contributed by atoms with van der Waals surface area (Å²) >= 11 is 3.43. The molecule has 0 bridgehead atoms. The van der Waals surface area contributed by atoms with Gasteiger partial charge in [-0.2, -0.15) is 0 Å². The van der Waals surface area contributed by atoms with E-state index in [0.717, 1.165) is 27.7 Å². The zero-order chi connectivity index (χ0) is 14.7. The Balaban J connectivity index is 2.28. The van der Waals surface area contributed by atoms with Gasteiger partial charge in [0.05, 0.1) is 6.04 Å². The van der Waals surface area contributed by atoms with Crippen molar-refractivity contribution < 1.29 is 8.78 Å². The van der Waals surface area contributed by atoms with Crippen LogP contribution in [0.25, 0.3) is 0 Å². The lowest BCUT2D eigenvalue weighted by atomic mass is 9.98. The zero-order valence-electron chi connectivity index (χ0n) is 11.0. The minimum Gasteiger partial charge on any atom is -0.271 e. The molecule has 0 aromatic heterocycles. The molecule has 20 heavy (non-hydrogen) atoms. The fourth-order valence-electron chi connectivity index (χ4n) is 2.08. The molecule has 2 nitrogen and oxygen atoms in total. The van der Waals surface area contributed by atoms with Crippen LogP contribution >= 0.6 is 15.9 Å². The van der Waals surface area contributed by atoms with Gasteiger partial charge in [-0.3, -0.25) is 11.3 Å². The Morgan fingerprint density at radius 2 is 1.95 bits per heavy atom. The summed E-state index contributed by atoms with van der Waals surface area (Å²) in [5.74, 6) is 4.67. The van der Waals surface area contributed by atoms with Gasteiger partial charge in [0.2, 0.25) is 0 Å². The fourth-order valence-corrected chi connectivity index (χ4v) is 2.32. The van der Waals surface area contributed by atoms with Crippen LogP contribution < -0.4 is 11.3 Å². The number of halogens is 3. The first kappa shape index (κ1) is 15.1. The summed E-state index contributed by atoms with van der Waals surface area (Å²) in [5, 5.41) is 0. The number of benzene rings is 2. The maximum Gasteiger partial charge on any atom is 0.126 e. The normalized spacial score (nSPS) is 12.4. The van der Waals surface area contributed by atoms with Crippen molar-refractivity contribution >= 4 is 15.9 Å². The summed E-state index contributed by atoms with van der Waals surface area (Å²) in [5.41, 5.74) is 4.94. The molecular formula is C15H15BrF2N2. The molecule has 2 aromatic rings. The van der Waals surface area contributed by atoms with Crippen LogP contribution in [-0.2, 0) is 6.42 Å². The van der Waals surface area contributed by atoms with Crippen LogP contribution in [0.5, 0.6) is 0 Å². The molecule has 1 unspecified atom stereocenters. The largest absolute Gasteiger partial charge is 0.271 e. The molecule has 1 atom stereocenters. The SMILES string of the molecule is Cc1cc(C(Cc2cc(F)ccc2F)NN)ccc1Br. The molecule has 0 radical (unpaired) electrons. The molecule has 0 heterocycles. The Hall–Kier alpha value is -1.30. The second-order valence-corrected chi connectivity index (χ2v) is 5.52. The number of hydrogen-bond acceptors (Lipinski definition) is 2. The van der Waals surface area contributed by atoms with Gasteiger partial charge in [0.1, 0.15) is 11.6 Å². The van der Waals surface area contributed by atoms with E-state index in [9.17, 15) is 8.78 Å². The van der Waals surface area contributed by atoms with Gasteiger partial charge < -0.3 is 0 Å². The van der Waals surface area contributed by atoms with Crippen LogP contribution in [0.15, 0.2) is 40.9 Å². The molecule has 0 aliphatic rings. The predicted molar refractivity (Wildman–Crippen MR) is 79.0 cm³/mol. The van der Waals surface area contributed by atoms with E-state index in [-0.39, 0.29) is 12.5 Å². The summed E-state index contributed by atoms with van der Waals surface area (Å²) in [6, 6.07) is 8.93. The highest BCUT2D eigenvalue weighted by atomic mass is 79.9. The Kier molecular flexibility index (Phi) is 4.86. The lowest BCUT2D eigenvalue weighted by Gasteiger charge is -2.18. The van der Waals surface area contributed by atoms with E-state index in [0.29, 0.717) is 5.56 Å². The predicted octanol–water partition coefficient (Wildman–Crippen LogP) is 3.78. The summed E-state index contributed by atoms with van der Waals surface area (Å²) in [6.45, 7) is 1.96. The standard InChI is InChI=1S/C15H15BrF2N2/c1-9-6-10(2-4-13(9)16)15(20-19)8-11-7-12(17)3-5-14(11)18/h2-7,15,20H,8,19H2,1H3. The van der Waals surface area contributed by atoms with Crippen molar-refractivity contribution in [2.24, 2.45) is 5.84 Å². The summed E-state index contributed by atoms with van der Waals surface area (Å²) < 4.78 is 27.9. The minimum absolute atomic E-state index is 0.279. The Morgan fingerprint density at radius 1 is 1.20 bits per heavy atom. The number of nitrogens with two attached hydrogens (primary N) is 1. The van der Waals surface area contributed by atoms with Gasteiger partial charge in [0.25, 0.3) is 0 Å². The van der Waals surface area contributed by atoms with Crippen LogP contribution in [0.3, 0.4) is 0 Å². The monoisotopic (exact) mass is 340 g/mol. The first-order chi connectivity index (χ1) is 9.51. The third-order valence-electron chi connectivity index (χ3n) is 3.22. The van der Waals surface area contributed by atoms with Crippen molar-refractivity contribution in [2.45, 2.75) is 19.4 Å². The third-order valence-corrected chi connectivity index (χ3v) is 4.11. The third kappa shape index (κ3) is 3.42. The molecule has 0 amide bonds. The number of rotatable bonds is 4. The maximum atomic E-state index is 13.7. The van der Waals surface area contributed by atoms with Gasteiger partial charge in [-0.1, -0.05) is 28.1 Å². The van der Waals surface area contributed by atoms with Crippen molar-refractivity contribution in [2.75, 3.05) is 0 Å². The van der Waals surface area contributed by atoms with Gasteiger partial charge in [-0.05, 0) is 54.3 Å². The molecule has 0 fully saturated rings. The molecule has 5 heteroatoms. The van der Waals surface area contributed by atoms with Crippen LogP contribution in [0.1, 0.15) is 22.7 Å². The second kappa shape index (κ2) is 6.43. The maximum absolute atomic E-state index is 13.7. The van der Waals surface area contributed by atoms with Crippen LogP contribution in [0.4, 0.5) is 8.78 Å². The van der Waals surface area contributed by atoms with E-state index < -0.39 is 11.6 Å². The van der Waals surface area contributed by atoms with Gasteiger partial charge in [-0.25, -0.2) is 8.78 Å². The lowest BCUT2D eigenvalue weighted by Crippen LogP contribution is -2.30. The zero-order valence-corrected chi connectivity index (χ0v) is 12.5. The van der Waals surface area contributed by atoms with Crippen molar-refractivity contribution in [3.8, 4) is 0 Å². The van der Waals surface area contributed by atoms with E-state index in [1.54, 1.807) is 0 Å². The Bertz CT molecular complexity index is 617. The van der Waals surface area contributed by atoms with Crippen molar-refractivity contribution in [3.63, 3.8) is 0 Å². The number of aryl methyl sites for hydroxylation is 1. The molecule has 3 N–H and O–H groups in total. The summed E-state index contributed by atoms with van der Waals surface area (Å²) in [6.07, 6.45) is 0.279. The van der Waals surface area contributed by atoms with Gasteiger partial charge in [0, 0.05) is 4.47 Å². The highest BCUT2D eigenvalue weighted by Gasteiger charge is 2.14. The van der Waals surface area contributed by atoms with Crippen molar-refractivity contribution in [1.29, 1.82) is 0 Å². The van der Waals surface area contributed by atoms with Gasteiger partial charge in [-0.15, -0.1) is 0 Å². The second-order valence-electron chi connectivity index (χ2n) is 4.67. The average molecular weight is 341 g/mol. The topological polar surface area (TPSA) is 38.0 Å². The Labute approximate surface area is 125 Å². The van der Waals surface area contributed by atoms with Gasteiger partial charge >= 0.3 is 0 Å². The van der Waals surface area contributed by atoms with Gasteiger partial charge in [0.15, 0.2) is 0 Å². The highest BCUT2D eigenvalue weighted by molar-refractivity contribution is 9.10. The highest BCUT2D eigenvalue weighted by Crippen LogP contribution is 2.24. The van der Waals surface area contributed by atoms with E-state index in [1.165, 1.54) is 6.07 Å². The van der Waals surface area contributed by atoms with E-state index >= 15 is 0 Å². The molecular weight excluding hydrogens is 326 g/mol. The lowest BCUT2D eigenvalue weighted by molar-refractivity contribution is 0.522. The van der Waals surface area contributed by atoms with E-state index in [2.05, 4.69) is 21.4 Å². The molecule has 0 aliphatic heterocycles. The first-order valence-electron chi connectivity index (χ1n) is 6.17. The molecule has 0 spiro atoms. The average Bonchev–Trinajstić information content (AvgIpc) is 2.43. The fraction of sp³-hybridized carbons (Fsp3) is 0.200. The van der Waals surface area contributed by atoms with Crippen LogP contribution in [-0.4, -0.2) is 0 Å². The number of nitrogens with one attached hydrogen (secondary N) is 1. The number of hydrogen-bond donors (Lipinski definition) is 2. The van der Waals surface area contributed by atoms with E-state index in [1.807, 2.05) is 25.1 Å². The molecule has 2 aromatic carbocycles. The number of hydrazine groups is 1. The van der Waals surface area contributed by atoms with Crippen LogP contribution in [0, 0.1) is 18.6 Å². The quantitative estimate of drug-likeness (QED) is 0.656. The minimum atomic E-state index is -0.454. The first-order valence-corrected chi connectivity index (χ1v) is 6.96. The summed E-state index contributed by atoms with van der Waals surface area (Å²) in [4.78, 5) is 0.